The van der Waals surface area contributed by atoms with Gasteiger partial charge in [0.25, 0.3) is 5.56 Å². The number of hydrogen-bond donors (Lipinski definition) is 1. The molecule has 0 amide bonds. The summed E-state index contributed by atoms with van der Waals surface area (Å²) in [5.41, 5.74) is 1.40. The molecule has 0 radical (unpaired) electrons. The minimum atomic E-state index is -0.0740. The molecule has 0 aliphatic rings. The van der Waals surface area contributed by atoms with Gasteiger partial charge in [0, 0.05) is 7.05 Å². The van der Waals surface area contributed by atoms with Crippen LogP contribution in [-0.4, -0.2) is 24.4 Å². The van der Waals surface area contributed by atoms with Crippen LogP contribution in [0.5, 0.6) is 0 Å². The van der Waals surface area contributed by atoms with Crippen LogP contribution in [0.1, 0.15) is 11.6 Å². The first kappa shape index (κ1) is 16.4. The number of nitrogens with two attached hydrogens (primary N) is 1. The summed E-state index contributed by atoms with van der Waals surface area (Å²) in [6, 6.07) is 9.09. The van der Waals surface area contributed by atoms with E-state index in [4.69, 9.17) is 10.3 Å². The van der Waals surface area contributed by atoms with Gasteiger partial charge in [0.05, 0.1) is 28.5 Å². The average molecular weight is 368 g/mol. The maximum Gasteiger partial charge on any atom is 0.261 e. The summed E-state index contributed by atoms with van der Waals surface area (Å²) in [6.45, 7) is 1.84. The number of furan rings is 1. The molecule has 0 spiro atoms. The van der Waals surface area contributed by atoms with E-state index >= 15 is 0 Å². The zero-order valence-corrected chi connectivity index (χ0v) is 15.0. The predicted octanol–water partition coefficient (Wildman–Crippen LogP) is 2.10. The Bertz CT molecular complexity index is 1160. The number of hydrogen-bond acceptors (Lipinski definition) is 7. The molecule has 4 rings (SSSR count). The first-order valence-electron chi connectivity index (χ1n) is 7.88. The molecule has 3 aromatic heterocycles. The monoisotopic (exact) mass is 368 g/mol. The summed E-state index contributed by atoms with van der Waals surface area (Å²) in [7, 11) is 1.71. The van der Waals surface area contributed by atoms with E-state index in [1.807, 2.05) is 25.1 Å². The van der Waals surface area contributed by atoms with Crippen LogP contribution in [0.15, 0.2) is 51.0 Å². The van der Waals surface area contributed by atoms with E-state index in [1.165, 1.54) is 16.4 Å². The van der Waals surface area contributed by atoms with Crippen molar-refractivity contribution in [1.29, 1.82) is 0 Å². The molecule has 2 N–H and O–H groups in total. The van der Waals surface area contributed by atoms with Crippen LogP contribution in [0, 0.1) is 6.92 Å². The van der Waals surface area contributed by atoms with Crippen LogP contribution in [0.2, 0.25) is 0 Å². The molecule has 0 saturated heterocycles. The summed E-state index contributed by atoms with van der Waals surface area (Å²) < 4.78 is 8.26. The van der Waals surface area contributed by atoms with Crippen LogP contribution in [0.3, 0.4) is 0 Å². The average Bonchev–Trinajstić information content (AvgIpc) is 3.22. The van der Waals surface area contributed by atoms with Gasteiger partial charge < -0.3 is 10.3 Å². The molecule has 0 aliphatic heterocycles. The summed E-state index contributed by atoms with van der Waals surface area (Å²) in [5, 5.41) is 9.41. The number of aryl methyl sites for hydroxylation is 1. The molecule has 9 heteroatoms. The maximum absolute atomic E-state index is 12.5. The van der Waals surface area contributed by atoms with E-state index in [2.05, 4.69) is 15.2 Å². The van der Waals surface area contributed by atoms with Gasteiger partial charge in [-0.1, -0.05) is 23.9 Å². The van der Waals surface area contributed by atoms with Crippen molar-refractivity contribution >= 4 is 22.7 Å². The van der Waals surface area contributed by atoms with Crippen molar-refractivity contribution in [1.82, 2.24) is 24.4 Å². The molecular formula is C17H16N6O2S. The van der Waals surface area contributed by atoms with Crippen LogP contribution >= 0.6 is 11.8 Å². The minimum absolute atomic E-state index is 0.0740. The zero-order chi connectivity index (χ0) is 18.3. The van der Waals surface area contributed by atoms with Crippen molar-refractivity contribution in [2.75, 3.05) is 5.84 Å². The molecule has 8 nitrogen and oxygen atoms in total. The van der Waals surface area contributed by atoms with E-state index in [-0.39, 0.29) is 5.56 Å². The molecule has 0 atom stereocenters. The number of nitrogen functional groups attached to an aromatic ring is 1. The molecule has 0 fully saturated rings. The van der Waals surface area contributed by atoms with Gasteiger partial charge in [0.15, 0.2) is 5.82 Å². The van der Waals surface area contributed by atoms with Crippen LogP contribution in [0.4, 0.5) is 0 Å². The van der Waals surface area contributed by atoms with Crippen molar-refractivity contribution in [3.8, 4) is 11.4 Å². The standard InChI is InChI=1S/C17H16N6O2S/c1-10-11(7-8-25-10)15-20-21-17(23(15)18)26-9-14-19-13-6-4-3-5-12(13)16(24)22(14)2/h3-8H,9,18H2,1-2H3. The number of thioether (sulfide) groups is 1. The molecule has 3 heterocycles. The second-order valence-corrected chi connectivity index (χ2v) is 6.71. The van der Waals surface area contributed by atoms with E-state index in [9.17, 15) is 4.79 Å². The molecule has 0 aliphatic carbocycles. The zero-order valence-electron chi connectivity index (χ0n) is 14.2. The first-order valence-corrected chi connectivity index (χ1v) is 8.87. The largest absolute Gasteiger partial charge is 0.469 e. The lowest BCUT2D eigenvalue weighted by Crippen LogP contribution is -2.22. The van der Waals surface area contributed by atoms with Gasteiger partial charge in [-0.3, -0.25) is 9.36 Å². The van der Waals surface area contributed by atoms with Gasteiger partial charge in [-0.25, -0.2) is 9.66 Å². The predicted molar refractivity (Wildman–Crippen MR) is 99.2 cm³/mol. The molecule has 26 heavy (non-hydrogen) atoms. The molecule has 132 valence electrons. The molecule has 0 saturated carbocycles. The number of aromatic nitrogens is 5. The molecule has 0 bridgehead atoms. The van der Waals surface area contributed by atoms with E-state index in [0.29, 0.717) is 33.5 Å². The van der Waals surface area contributed by atoms with Crippen LogP contribution in [0.25, 0.3) is 22.3 Å². The molecular weight excluding hydrogens is 352 g/mol. The second kappa shape index (κ2) is 6.34. The van der Waals surface area contributed by atoms with Crippen molar-refractivity contribution in [2.45, 2.75) is 17.8 Å². The third-order valence-electron chi connectivity index (χ3n) is 4.17. The number of benzene rings is 1. The van der Waals surface area contributed by atoms with E-state index in [1.54, 1.807) is 30.0 Å². The third kappa shape index (κ3) is 2.66. The van der Waals surface area contributed by atoms with Crippen molar-refractivity contribution < 1.29 is 4.42 Å². The summed E-state index contributed by atoms with van der Waals surface area (Å²) >= 11 is 1.37. The van der Waals surface area contributed by atoms with E-state index in [0.717, 1.165) is 11.3 Å². The Morgan fingerprint density at radius 1 is 1.23 bits per heavy atom. The Kier molecular flexibility index (Phi) is 4.00. The van der Waals surface area contributed by atoms with Gasteiger partial charge in [-0.15, -0.1) is 10.2 Å². The van der Waals surface area contributed by atoms with Gasteiger partial charge in [-0.2, -0.15) is 0 Å². The lowest BCUT2D eigenvalue weighted by molar-refractivity contribution is 0.535. The fourth-order valence-corrected chi connectivity index (χ4v) is 3.54. The number of para-hydroxylation sites is 1. The van der Waals surface area contributed by atoms with Crippen LogP contribution in [-0.2, 0) is 12.8 Å². The topological polar surface area (TPSA) is 105 Å². The van der Waals surface area contributed by atoms with Crippen molar-refractivity contribution in [3.05, 3.63) is 58.5 Å². The van der Waals surface area contributed by atoms with E-state index < -0.39 is 0 Å². The van der Waals surface area contributed by atoms with Gasteiger partial charge >= 0.3 is 0 Å². The summed E-state index contributed by atoms with van der Waals surface area (Å²) in [5.74, 6) is 8.46. The highest BCUT2D eigenvalue weighted by Gasteiger charge is 2.16. The SMILES string of the molecule is Cc1occc1-c1nnc(SCc2nc3ccccc3c(=O)n2C)n1N. The molecule has 0 unspecified atom stereocenters. The second-order valence-electron chi connectivity index (χ2n) is 5.76. The fraction of sp³-hybridized carbons (Fsp3) is 0.176. The summed E-state index contributed by atoms with van der Waals surface area (Å²) in [6.07, 6.45) is 1.58. The highest BCUT2D eigenvalue weighted by Crippen LogP contribution is 2.26. The molecule has 1 aromatic carbocycles. The fourth-order valence-electron chi connectivity index (χ4n) is 2.70. The van der Waals surface area contributed by atoms with Gasteiger partial charge in [0.2, 0.25) is 5.16 Å². The molecule has 4 aromatic rings. The first-order chi connectivity index (χ1) is 12.6. The van der Waals surface area contributed by atoms with Crippen molar-refractivity contribution in [3.63, 3.8) is 0 Å². The third-order valence-corrected chi connectivity index (χ3v) is 5.11. The minimum Gasteiger partial charge on any atom is -0.469 e. The highest BCUT2D eigenvalue weighted by molar-refractivity contribution is 7.98. The lowest BCUT2D eigenvalue weighted by Gasteiger charge is -2.08. The Hall–Kier alpha value is -3.07. The Balaban J connectivity index is 1.64. The normalized spacial score (nSPS) is 11.3. The summed E-state index contributed by atoms with van der Waals surface area (Å²) in [4.78, 5) is 17.0. The smallest absolute Gasteiger partial charge is 0.261 e. The Morgan fingerprint density at radius 3 is 2.81 bits per heavy atom. The Morgan fingerprint density at radius 2 is 2.04 bits per heavy atom. The van der Waals surface area contributed by atoms with Gasteiger partial charge in [-0.05, 0) is 25.1 Å². The maximum atomic E-state index is 12.5. The van der Waals surface area contributed by atoms with Gasteiger partial charge in [0.1, 0.15) is 11.6 Å². The number of fused-ring (bicyclic) bond motifs is 1. The number of rotatable bonds is 4. The lowest BCUT2D eigenvalue weighted by atomic mass is 10.2. The van der Waals surface area contributed by atoms with Crippen LogP contribution < -0.4 is 11.4 Å². The highest BCUT2D eigenvalue weighted by atomic mass is 32.2. The Labute approximate surface area is 152 Å². The quantitative estimate of drug-likeness (QED) is 0.434. The van der Waals surface area contributed by atoms with Crippen molar-refractivity contribution in [2.24, 2.45) is 7.05 Å². The number of nitrogens with zero attached hydrogens (tertiary/aromatic N) is 5.